The number of rotatable bonds is 0. The van der Waals surface area contributed by atoms with Crippen LogP contribution in [0.2, 0.25) is 0 Å². The molecule has 0 N–H and O–H groups in total. The van der Waals surface area contributed by atoms with Crippen molar-refractivity contribution in [3.8, 4) is 0 Å². The van der Waals surface area contributed by atoms with Gasteiger partial charge in [0.25, 0.3) is 0 Å². The van der Waals surface area contributed by atoms with Crippen molar-refractivity contribution in [3.63, 3.8) is 0 Å². The second kappa shape index (κ2) is 8.69. The fourth-order valence-electron chi connectivity index (χ4n) is 0. The Bertz CT molecular complexity index is 213. The van der Waals surface area contributed by atoms with Crippen LogP contribution >= 0.6 is 0 Å². The molecule has 1 radical (unpaired) electrons. The van der Waals surface area contributed by atoms with Crippen LogP contribution in [0, 0.1) is 0 Å². The topological polar surface area (TPSA) is 161 Å². The third kappa shape index (κ3) is 929. The molecule has 0 aliphatic carbocycles. The Hall–Kier alpha value is 1.10. The van der Waals surface area contributed by atoms with E-state index in [-0.39, 0.29) is 33.8 Å². The summed E-state index contributed by atoms with van der Waals surface area (Å²) < 4.78 is 68.6. The molecule has 0 saturated heterocycles. The minimum atomic E-state index is -5.62. The van der Waals surface area contributed by atoms with Gasteiger partial charge in [0, 0.05) is 0 Å². The maximum atomic E-state index is 8.58. The standard InChI is InChI=1S/Co.Fe.2Mn.8O/q2*+2;;;;;;;4*-1. The second-order valence-corrected chi connectivity index (χ2v) is 3.12. The van der Waals surface area contributed by atoms with E-state index in [1.54, 1.807) is 0 Å². The molecule has 0 aromatic heterocycles. The monoisotopic (exact) mass is 353 g/mol. The van der Waals surface area contributed by atoms with Gasteiger partial charge in [-0.1, -0.05) is 0 Å². The van der Waals surface area contributed by atoms with Gasteiger partial charge in [0.1, 0.15) is 0 Å². The molecule has 79 valence electrons. The number of hydrogen-bond acceptors (Lipinski definition) is 8. The van der Waals surface area contributed by atoms with Gasteiger partial charge in [0.2, 0.25) is 0 Å². The summed E-state index contributed by atoms with van der Waals surface area (Å²) in [5.41, 5.74) is 0. The van der Waals surface area contributed by atoms with Gasteiger partial charge in [0.15, 0.2) is 0 Å². The zero-order valence-corrected chi connectivity index (χ0v) is 9.21. The van der Waals surface area contributed by atoms with Crippen LogP contribution in [0.25, 0.3) is 0 Å². The molecule has 0 aliphatic rings. The molecule has 0 spiro atoms. The van der Waals surface area contributed by atoms with E-state index in [0.29, 0.717) is 0 Å². The van der Waals surface area contributed by atoms with E-state index >= 15 is 0 Å². The van der Waals surface area contributed by atoms with Gasteiger partial charge >= 0.3 is 92.7 Å². The Labute approximate surface area is 92.2 Å². The van der Waals surface area contributed by atoms with E-state index in [1.165, 1.54) is 0 Å². The summed E-state index contributed by atoms with van der Waals surface area (Å²) in [5.74, 6) is 0. The maximum absolute atomic E-state index is 8.58. The predicted molar refractivity (Wildman–Crippen MR) is 2.75 cm³/mol. The van der Waals surface area contributed by atoms with E-state index in [9.17, 15) is 0 Å². The van der Waals surface area contributed by atoms with E-state index < -0.39 is 26.7 Å². The van der Waals surface area contributed by atoms with Gasteiger partial charge in [-0.15, -0.1) is 0 Å². The van der Waals surface area contributed by atoms with Gasteiger partial charge in [-0.3, -0.25) is 0 Å². The van der Waals surface area contributed by atoms with Crippen molar-refractivity contribution in [1.29, 1.82) is 0 Å². The Kier molecular flexibility index (Phi) is 16.8. The molecular formula is CoFeMn2O8. The zero-order chi connectivity index (χ0) is 9.00. The predicted octanol–water partition coefficient (Wildman–Crippen LogP) is -5.24. The molecule has 0 rings (SSSR count). The van der Waals surface area contributed by atoms with Crippen LogP contribution in [0.4, 0.5) is 0 Å². The second-order valence-electron chi connectivity index (χ2n) is 0.756. The number of hydrogen-bond donors (Lipinski definition) is 0. The summed E-state index contributed by atoms with van der Waals surface area (Å²) in [6.45, 7) is 0. The third-order valence-corrected chi connectivity index (χ3v) is 0. The van der Waals surface area contributed by atoms with E-state index in [0.717, 1.165) is 0 Å². The van der Waals surface area contributed by atoms with Crippen molar-refractivity contribution in [2.24, 2.45) is 0 Å². The van der Waals surface area contributed by atoms with Gasteiger partial charge in [-0.2, -0.15) is 0 Å². The SMILES string of the molecule is [Co+2].[Fe+2].[O]=[Mn](=[O])([O-])[O-].[O]=[Mn](=[O])([O-])[O-]. The van der Waals surface area contributed by atoms with Gasteiger partial charge in [-0.25, -0.2) is 0 Å². The molecule has 12 heavy (non-hydrogen) atoms. The molecule has 0 heterocycles. The first kappa shape index (κ1) is 23.2. The molecule has 0 amide bonds. The van der Waals surface area contributed by atoms with Crippen LogP contribution in [0.15, 0.2) is 0 Å². The first-order chi connectivity index (χ1) is 4.00. The summed E-state index contributed by atoms with van der Waals surface area (Å²) >= 11 is -11.2. The third-order valence-electron chi connectivity index (χ3n) is 0. The van der Waals surface area contributed by atoms with Crippen LogP contribution in [-0.4, -0.2) is 0 Å². The van der Waals surface area contributed by atoms with Crippen molar-refractivity contribution < 1.29 is 92.7 Å². The molecule has 0 unspecified atom stereocenters. The van der Waals surface area contributed by atoms with Crippen LogP contribution in [0.1, 0.15) is 0 Å². The molecular weight excluding hydrogens is 353 g/mol. The molecule has 0 aliphatic heterocycles. The van der Waals surface area contributed by atoms with Gasteiger partial charge in [-0.05, 0) is 0 Å². The molecule has 0 saturated carbocycles. The van der Waals surface area contributed by atoms with Crippen molar-refractivity contribution in [3.05, 3.63) is 0 Å². The Balaban J connectivity index is -0.0000000457. The average Bonchev–Trinajstić information content (AvgIpc) is 1.12. The van der Waals surface area contributed by atoms with Crippen molar-refractivity contribution >= 4 is 0 Å². The first-order valence-electron chi connectivity index (χ1n) is 1.23. The molecule has 0 fully saturated rings. The molecule has 8 nitrogen and oxygen atoms in total. The normalized spacial score (nSPS) is 9.67. The molecule has 0 aromatic carbocycles. The summed E-state index contributed by atoms with van der Waals surface area (Å²) in [6.07, 6.45) is 0. The molecule has 0 atom stereocenters. The molecule has 0 aromatic rings. The van der Waals surface area contributed by atoms with Crippen LogP contribution < -0.4 is 16.8 Å². The van der Waals surface area contributed by atoms with Crippen LogP contribution in [0.3, 0.4) is 0 Å². The van der Waals surface area contributed by atoms with Crippen molar-refractivity contribution in [2.75, 3.05) is 0 Å². The quantitative estimate of drug-likeness (QED) is 0.391. The van der Waals surface area contributed by atoms with Gasteiger partial charge < -0.3 is 0 Å². The Morgan fingerprint density at radius 2 is 0.667 bits per heavy atom. The first-order valence-corrected chi connectivity index (χ1v) is 5.09. The van der Waals surface area contributed by atoms with E-state index in [4.69, 9.17) is 32.1 Å². The average molecular weight is 353 g/mol. The summed E-state index contributed by atoms with van der Waals surface area (Å²) in [6, 6.07) is 0. The Morgan fingerprint density at radius 3 is 0.667 bits per heavy atom. The molecule has 0 bridgehead atoms. The summed E-state index contributed by atoms with van der Waals surface area (Å²) in [7, 11) is 0. The Morgan fingerprint density at radius 1 is 0.667 bits per heavy atom. The van der Waals surface area contributed by atoms with E-state index in [1.807, 2.05) is 0 Å². The van der Waals surface area contributed by atoms with Crippen molar-refractivity contribution in [2.45, 2.75) is 0 Å². The van der Waals surface area contributed by atoms with Crippen molar-refractivity contribution in [1.82, 2.24) is 0 Å². The zero-order valence-electron chi connectivity index (χ0n) is 4.71. The summed E-state index contributed by atoms with van der Waals surface area (Å²) in [5, 5.41) is 0. The van der Waals surface area contributed by atoms with Crippen LogP contribution in [0.5, 0.6) is 0 Å². The summed E-state index contributed by atoms with van der Waals surface area (Å²) in [4.78, 5) is 0. The van der Waals surface area contributed by atoms with E-state index in [2.05, 4.69) is 0 Å². The van der Waals surface area contributed by atoms with Gasteiger partial charge in [0.05, 0.1) is 0 Å². The minimum absolute atomic E-state index is 0. The molecule has 12 heteroatoms. The van der Waals surface area contributed by atoms with Crippen LogP contribution in [-0.2, 0) is 75.9 Å². The fraction of sp³-hybridized carbons (Fsp3) is 0. The fourth-order valence-corrected chi connectivity index (χ4v) is 0.